The zero-order valence-electron chi connectivity index (χ0n) is 18.7. The second-order valence-corrected chi connectivity index (χ2v) is 7.73. The maximum absolute atomic E-state index is 12.5. The fraction of sp³-hybridized carbons (Fsp3) is 0.360. The first-order chi connectivity index (χ1) is 14.8. The maximum atomic E-state index is 12.5. The van der Waals surface area contributed by atoms with Crippen LogP contribution in [-0.2, 0) is 20.7 Å². The summed E-state index contributed by atoms with van der Waals surface area (Å²) in [4.78, 5) is 24.8. The largest absolute Gasteiger partial charge is 0.493 e. The Labute approximate surface area is 183 Å². The summed E-state index contributed by atoms with van der Waals surface area (Å²) in [6.07, 6.45) is 2.92. The van der Waals surface area contributed by atoms with E-state index in [2.05, 4.69) is 5.32 Å². The van der Waals surface area contributed by atoms with Crippen LogP contribution in [0.1, 0.15) is 43.0 Å². The fourth-order valence-electron chi connectivity index (χ4n) is 3.53. The number of anilines is 1. The first-order valence-electron chi connectivity index (χ1n) is 10.5. The van der Waals surface area contributed by atoms with Gasteiger partial charge in [-0.3, -0.25) is 4.79 Å². The Morgan fingerprint density at radius 2 is 1.97 bits per heavy atom. The first kappa shape index (κ1) is 22.4. The van der Waals surface area contributed by atoms with E-state index < -0.39 is 12.1 Å². The van der Waals surface area contributed by atoms with Crippen LogP contribution in [0.4, 0.5) is 5.69 Å². The van der Waals surface area contributed by atoms with Crippen LogP contribution >= 0.6 is 0 Å². The van der Waals surface area contributed by atoms with Crippen LogP contribution in [0.3, 0.4) is 0 Å². The van der Waals surface area contributed by atoms with Crippen LogP contribution < -0.4 is 14.8 Å². The Morgan fingerprint density at radius 3 is 2.65 bits per heavy atom. The molecule has 6 nitrogen and oxygen atoms in total. The number of ether oxygens (including phenoxy) is 3. The quantitative estimate of drug-likeness (QED) is 0.520. The summed E-state index contributed by atoms with van der Waals surface area (Å²) in [6, 6.07) is 9.58. The Morgan fingerprint density at radius 1 is 1.26 bits per heavy atom. The first-order valence-corrected chi connectivity index (χ1v) is 10.5. The van der Waals surface area contributed by atoms with Crippen LogP contribution in [0.15, 0.2) is 36.4 Å². The third-order valence-corrected chi connectivity index (χ3v) is 5.12. The molecule has 0 aromatic heterocycles. The third-order valence-electron chi connectivity index (χ3n) is 5.12. The molecule has 0 bridgehead atoms. The summed E-state index contributed by atoms with van der Waals surface area (Å²) >= 11 is 0. The molecule has 1 N–H and O–H groups in total. The van der Waals surface area contributed by atoms with E-state index in [1.807, 2.05) is 58.0 Å². The van der Waals surface area contributed by atoms with Crippen molar-refractivity contribution in [2.24, 2.45) is 0 Å². The molecule has 1 heterocycles. The molecule has 0 saturated carbocycles. The highest BCUT2D eigenvalue weighted by atomic mass is 16.5. The van der Waals surface area contributed by atoms with E-state index in [4.69, 9.17) is 14.2 Å². The van der Waals surface area contributed by atoms with E-state index in [-0.39, 0.29) is 12.0 Å². The summed E-state index contributed by atoms with van der Waals surface area (Å²) in [5.41, 5.74) is 4.44. The van der Waals surface area contributed by atoms with Crippen molar-refractivity contribution < 1.29 is 23.8 Å². The molecule has 6 heteroatoms. The number of carbonyl (C=O) groups excluding carboxylic acids is 2. The third kappa shape index (κ3) is 5.45. The van der Waals surface area contributed by atoms with Crippen LogP contribution in [-0.4, -0.2) is 30.7 Å². The van der Waals surface area contributed by atoms with E-state index in [9.17, 15) is 9.59 Å². The Hall–Kier alpha value is -3.28. The highest BCUT2D eigenvalue weighted by molar-refractivity contribution is 5.97. The van der Waals surface area contributed by atoms with Gasteiger partial charge >= 0.3 is 5.97 Å². The summed E-state index contributed by atoms with van der Waals surface area (Å²) < 4.78 is 16.8. The van der Waals surface area contributed by atoms with Gasteiger partial charge in [0, 0.05) is 29.3 Å². The summed E-state index contributed by atoms with van der Waals surface area (Å²) in [5, 5.41) is 2.84. The number of hydrogen-bond donors (Lipinski definition) is 1. The molecule has 0 saturated heterocycles. The SMILES string of the molecule is CCOc1cc2c(cc1/C=C/C(=O)O[C@H](C)C(=O)Nc1c(C)cccc1C)O[C@H](C)C2. The molecular weight excluding hydrogens is 394 g/mol. The molecule has 31 heavy (non-hydrogen) atoms. The number of fused-ring (bicyclic) bond motifs is 1. The predicted octanol–water partition coefficient (Wildman–Crippen LogP) is 4.61. The minimum Gasteiger partial charge on any atom is -0.493 e. The number of esters is 1. The zero-order chi connectivity index (χ0) is 22.5. The number of benzene rings is 2. The lowest BCUT2D eigenvalue weighted by Crippen LogP contribution is -2.30. The molecule has 2 atom stereocenters. The van der Waals surface area contributed by atoms with Crippen molar-refractivity contribution in [1.29, 1.82) is 0 Å². The second kappa shape index (κ2) is 9.69. The maximum Gasteiger partial charge on any atom is 0.331 e. The summed E-state index contributed by atoms with van der Waals surface area (Å²) in [7, 11) is 0. The molecule has 1 aliphatic rings. The molecule has 0 unspecified atom stereocenters. The molecule has 3 rings (SSSR count). The summed E-state index contributed by atoms with van der Waals surface area (Å²) in [5.74, 6) is 0.490. The van der Waals surface area contributed by atoms with E-state index in [0.29, 0.717) is 12.4 Å². The van der Waals surface area contributed by atoms with Gasteiger partial charge in [-0.2, -0.15) is 0 Å². The predicted molar refractivity (Wildman–Crippen MR) is 121 cm³/mol. The molecule has 0 spiro atoms. The minimum atomic E-state index is -0.938. The highest BCUT2D eigenvalue weighted by Crippen LogP contribution is 2.35. The smallest absolute Gasteiger partial charge is 0.331 e. The average molecular weight is 424 g/mol. The minimum absolute atomic E-state index is 0.116. The lowest BCUT2D eigenvalue weighted by molar-refractivity contribution is -0.148. The standard InChI is InChI=1S/C25H29NO5/c1-6-29-21-14-20-12-17(4)30-22(20)13-19(21)10-11-23(27)31-18(5)25(28)26-24-15(2)8-7-9-16(24)3/h7-11,13-14,17-18H,6,12H2,1-5H3,(H,26,28)/b11-10+/t17-,18-/m1/s1. The van der Waals surface area contributed by atoms with Crippen molar-refractivity contribution >= 4 is 23.6 Å². The number of para-hydroxylation sites is 1. The number of carbonyl (C=O) groups is 2. The van der Waals surface area contributed by atoms with Crippen LogP contribution in [0, 0.1) is 13.8 Å². The average Bonchev–Trinajstić information content (AvgIpc) is 3.08. The van der Waals surface area contributed by atoms with Gasteiger partial charge in [-0.25, -0.2) is 4.79 Å². The Balaban J connectivity index is 1.66. The van der Waals surface area contributed by atoms with Crippen LogP contribution in [0.5, 0.6) is 11.5 Å². The number of nitrogens with one attached hydrogen (secondary N) is 1. The van der Waals surface area contributed by atoms with Gasteiger partial charge < -0.3 is 19.5 Å². The van der Waals surface area contributed by atoms with Crippen molar-refractivity contribution in [2.75, 3.05) is 11.9 Å². The van der Waals surface area contributed by atoms with Crippen molar-refractivity contribution in [3.05, 3.63) is 58.7 Å². The molecular formula is C25H29NO5. The normalized spacial score (nSPS) is 15.8. The van der Waals surface area contributed by atoms with Crippen molar-refractivity contribution in [3.8, 4) is 11.5 Å². The second-order valence-electron chi connectivity index (χ2n) is 7.73. The number of rotatable bonds is 7. The Bertz CT molecular complexity index is 991. The van der Waals surface area contributed by atoms with Crippen molar-refractivity contribution in [3.63, 3.8) is 0 Å². The topological polar surface area (TPSA) is 73.9 Å². The number of aryl methyl sites for hydroxylation is 2. The molecule has 2 aromatic carbocycles. The lowest BCUT2D eigenvalue weighted by Gasteiger charge is -2.15. The summed E-state index contributed by atoms with van der Waals surface area (Å²) in [6.45, 7) is 9.81. The van der Waals surface area contributed by atoms with Gasteiger partial charge in [0.15, 0.2) is 6.10 Å². The van der Waals surface area contributed by atoms with Gasteiger partial charge in [-0.05, 0) is 64.0 Å². The van der Waals surface area contributed by atoms with Crippen LogP contribution in [0.2, 0.25) is 0 Å². The molecule has 2 aromatic rings. The molecule has 0 aliphatic carbocycles. The van der Waals surface area contributed by atoms with Crippen LogP contribution in [0.25, 0.3) is 6.08 Å². The van der Waals surface area contributed by atoms with E-state index in [1.165, 1.54) is 6.08 Å². The number of amides is 1. The van der Waals surface area contributed by atoms with E-state index in [0.717, 1.165) is 40.1 Å². The lowest BCUT2D eigenvalue weighted by atomic mass is 10.1. The monoisotopic (exact) mass is 423 g/mol. The molecule has 1 aliphatic heterocycles. The van der Waals surface area contributed by atoms with E-state index >= 15 is 0 Å². The molecule has 0 fully saturated rings. The van der Waals surface area contributed by atoms with Gasteiger partial charge in [0.2, 0.25) is 0 Å². The molecule has 1 amide bonds. The van der Waals surface area contributed by atoms with Crippen molar-refractivity contribution in [1.82, 2.24) is 0 Å². The van der Waals surface area contributed by atoms with Crippen molar-refractivity contribution in [2.45, 2.75) is 53.2 Å². The zero-order valence-corrected chi connectivity index (χ0v) is 18.7. The number of hydrogen-bond acceptors (Lipinski definition) is 5. The molecule has 0 radical (unpaired) electrons. The Kier molecular flexibility index (Phi) is 7.00. The van der Waals surface area contributed by atoms with Gasteiger partial charge in [-0.15, -0.1) is 0 Å². The van der Waals surface area contributed by atoms with Gasteiger partial charge in [0.1, 0.15) is 17.6 Å². The van der Waals surface area contributed by atoms with Gasteiger partial charge in [-0.1, -0.05) is 18.2 Å². The molecule has 164 valence electrons. The van der Waals surface area contributed by atoms with E-state index in [1.54, 1.807) is 13.0 Å². The highest BCUT2D eigenvalue weighted by Gasteiger charge is 2.22. The van der Waals surface area contributed by atoms with Gasteiger partial charge in [0.05, 0.1) is 6.61 Å². The fourth-order valence-corrected chi connectivity index (χ4v) is 3.53. The van der Waals surface area contributed by atoms with Gasteiger partial charge in [0.25, 0.3) is 5.91 Å².